The average molecular weight is 290 g/mol. The fourth-order valence-corrected chi connectivity index (χ4v) is 2.94. The molecule has 0 bridgehead atoms. The molecule has 1 amide bonds. The van der Waals surface area contributed by atoms with Gasteiger partial charge in [0.05, 0.1) is 24.7 Å². The summed E-state index contributed by atoms with van der Waals surface area (Å²) in [6.07, 6.45) is 0.740. The quantitative estimate of drug-likeness (QED) is 0.814. The summed E-state index contributed by atoms with van der Waals surface area (Å²) >= 11 is 0. The van der Waals surface area contributed by atoms with Gasteiger partial charge in [0.2, 0.25) is 5.91 Å². The summed E-state index contributed by atoms with van der Waals surface area (Å²) in [5, 5.41) is 9.06. The molecule has 2 atom stereocenters. The highest BCUT2D eigenvalue weighted by molar-refractivity contribution is 5.88. The number of nitrogens with two attached hydrogens (primary N) is 1. The van der Waals surface area contributed by atoms with Gasteiger partial charge in [-0.05, 0) is 29.7 Å². The predicted molar refractivity (Wildman–Crippen MR) is 74.8 cm³/mol. The van der Waals surface area contributed by atoms with Crippen molar-refractivity contribution >= 4 is 11.9 Å². The van der Waals surface area contributed by atoms with Crippen LogP contribution in [0.4, 0.5) is 0 Å². The minimum Gasteiger partial charge on any atom is -0.478 e. The Kier molecular flexibility index (Phi) is 3.65. The number of benzene rings is 1. The highest BCUT2D eigenvalue weighted by Crippen LogP contribution is 2.23. The number of hydrogen-bond donors (Lipinski definition) is 2. The van der Waals surface area contributed by atoms with Gasteiger partial charge < -0.3 is 20.5 Å². The monoisotopic (exact) mass is 290 g/mol. The molecule has 3 N–H and O–H groups in total. The largest absolute Gasteiger partial charge is 0.478 e. The van der Waals surface area contributed by atoms with Crippen molar-refractivity contribution < 1.29 is 19.4 Å². The Morgan fingerprint density at radius 3 is 2.76 bits per heavy atom. The molecule has 1 saturated heterocycles. The third kappa shape index (κ3) is 2.64. The topological polar surface area (TPSA) is 92.9 Å². The highest BCUT2D eigenvalue weighted by Gasteiger charge is 2.35. The predicted octanol–water partition coefficient (Wildman–Crippen LogP) is 0.243. The lowest BCUT2D eigenvalue weighted by Crippen LogP contribution is -2.45. The van der Waals surface area contributed by atoms with Crippen molar-refractivity contribution in [1.82, 2.24) is 4.90 Å². The first-order valence-electron chi connectivity index (χ1n) is 7.03. The van der Waals surface area contributed by atoms with Gasteiger partial charge in [0.1, 0.15) is 0 Å². The third-order valence-corrected chi connectivity index (χ3v) is 4.22. The van der Waals surface area contributed by atoms with Crippen LogP contribution in [0.1, 0.15) is 21.5 Å². The Morgan fingerprint density at radius 2 is 2.10 bits per heavy atom. The van der Waals surface area contributed by atoms with Crippen LogP contribution in [0, 0.1) is 5.92 Å². The van der Waals surface area contributed by atoms with Gasteiger partial charge >= 0.3 is 5.97 Å². The van der Waals surface area contributed by atoms with Crippen molar-refractivity contribution in [2.75, 3.05) is 19.8 Å². The molecule has 112 valence electrons. The van der Waals surface area contributed by atoms with Gasteiger partial charge in [-0.25, -0.2) is 4.79 Å². The minimum absolute atomic E-state index is 0.00591. The van der Waals surface area contributed by atoms with Crippen molar-refractivity contribution in [2.45, 2.75) is 19.0 Å². The SMILES string of the molecule is NC1COCC1C(=O)N1CCc2ccc(C(=O)O)cc2C1. The van der Waals surface area contributed by atoms with Crippen LogP contribution >= 0.6 is 0 Å². The van der Waals surface area contributed by atoms with Gasteiger partial charge in [-0.15, -0.1) is 0 Å². The number of ether oxygens (including phenoxy) is 1. The fraction of sp³-hybridized carbons (Fsp3) is 0.467. The van der Waals surface area contributed by atoms with E-state index in [4.69, 9.17) is 15.6 Å². The van der Waals surface area contributed by atoms with Gasteiger partial charge in [0, 0.05) is 19.1 Å². The molecule has 2 aliphatic rings. The van der Waals surface area contributed by atoms with E-state index in [0.717, 1.165) is 17.5 Å². The maximum absolute atomic E-state index is 12.5. The number of carbonyl (C=O) groups excluding carboxylic acids is 1. The van der Waals surface area contributed by atoms with Crippen LogP contribution in [0.3, 0.4) is 0 Å². The van der Waals surface area contributed by atoms with E-state index < -0.39 is 5.97 Å². The Morgan fingerprint density at radius 1 is 1.29 bits per heavy atom. The molecule has 0 aromatic heterocycles. The van der Waals surface area contributed by atoms with E-state index in [1.807, 2.05) is 6.07 Å². The van der Waals surface area contributed by atoms with Crippen LogP contribution in [0.15, 0.2) is 18.2 Å². The standard InChI is InChI=1S/C15H18N2O4/c16-13-8-21-7-12(13)14(18)17-4-3-9-1-2-10(15(19)20)5-11(9)6-17/h1-2,5,12-13H,3-4,6-8,16H2,(H,19,20). The molecular formula is C15H18N2O4. The molecule has 3 rings (SSSR count). The molecule has 0 spiro atoms. The molecule has 21 heavy (non-hydrogen) atoms. The lowest BCUT2D eigenvalue weighted by Gasteiger charge is -2.31. The van der Waals surface area contributed by atoms with E-state index in [2.05, 4.69) is 0 Å². The first-order chi connectivity index (χ1) is 10.1. The molecular weight excluding hydrogens is 272 g/mol. The van der Waals surface area contributed by atoms with E-state index >= 15 is 0 Å². The summed E-state index contributed by atoms with van der Waals surface area (Å²) < 4.78 is 5.25. The second-order valence-electron chi connectivity index (χ2n) is 5.61. The number of amides is 1. The summed E-state index contributed by atoms with van der Waals surface area (Å²) in [4.78, 5) is 25.3. The zero-order valence-electron chi connectivity index (χ0n) is 11.6. The fourth-order valence-electron chi connectivity index (χ4n) is 2.94. The van der Waals surface area contributed by atoms with Gasteiger partial charge in [0.15, 0.2) is 0 Å². The van der Waals surface area contributed by atoms with E-state index in [1.165, 1.54) is 0 Å². The number of rotatable bonds is 2. The molecule has 2 unspecified atom stereocenters. The normalized spacial score (nSPS) is 24.7. The highest BCUT2D eigenvalue weighted by atomic mass is 16.5. The Labute approximate surface area is 122 Å². The van der Waals surface area contributed by atoms with E-state index in [1.54, 1.807) is 17.0 Å². The van der Waals surface area contributed by atoms with Crippen LogP contribution < -0.4 is 5.73 Å². The number of carbonyl (C=O) groups is 2. The van der Waals surface area contributed by atoms with Gasteiger partial charge in [-0.2, -0.15) is 0 Å². The molecule has 1 aromatic rings. The molecule has 0 radical (unpaired) electrons. The number of nitrogens with zero attached hydrogens (tertiary/aromatic N) is 1. The average Bonchev–Trinajstić information content (AvgIpc) is 2.91. The number of fused-ring (bicyclic) bond motifs is 1. The number of carboxylic acids is 1. The lowest BCUT2D eigenvalue weighted by molar-refractivity contribution is -0.136. The first-order valence-corrected chi connectivity index (χ1v) is 7.03. The van der Waals surface area contributed by atoms with Gasteiger partial charge in [-0.1, -0.05) is 6.07 Å². The third-order valence-electron chi connectivity index (χ3n) is 4.22. The van der Waals surface area contributed by atoms with E-state index in [0.29, 0.717) is 26.3 Å². The van der Waals surface area contributed by atoms with Crippen molar-refractivity contribution in [1.29, 1.82) is 0 Å². The molecule has 2 aliphatic heterocycles. The molecule has 1 aromatic carbocycles. The molecule has 6 nitrogen and oxygen atoms in total. The Bertz CT molecular complexity index is 587. The van der Waals surface area contributed by atoms with Crippen molar-refractivity contribution in [3.8, 4) is 0 Å². The van der Waals surface area contributed by atoms with Crippen molar-refractivity contribution in [3.63, 3.8) is 0 Å². The molecule has 2 heterocycles. The van der Waals surface area contributed by atoms with Crippen LogP contribution in [-0.4, -0.2) is 47.7 Å². The van der Waals surface area contributed by atoms with Crippen LogP contribution in [0.2, 0.25) is 0 Å². The molecule has 1 fully saturated rings. The Balaban J connectivity index is 1.78. The zero-order valence-corrected chi connectivity index (χ0v) is 11.6. The first kappa shape index (κ1) is 14.0. The maximum Gasteiger partial charge on any atom is 0.335 e. The lowest BCUT2D eigenvalue weighted by atomic mass is 9.95. The summed E-state index contributed by atoms with van der Waals surface area (Å²) in [6, 6.07) is 4.86. The van der Waals surface area contributed by atoms with Crippen molar-refractivity contribution in [3.05, 3.63) is 34.9 Å². The number of hydrogen-bond acceptors (Lipinski definition) is 4. The van der Waals surface area contributed by atoms with Crippen molar-refractivity contribution in [2.24, 2.45) is 11.7 Å². The molecule has 0 saturated carbocycles. The second kappa shape index (κ2) is 5.46. The summed E-state index contributed by atoms with van der Waals surface area (Å²) in [5.74, 6) is -1.23. The summed E-state index contributed by atoms with van der Waals surface area (Å²) in [7, 11) is 0. The molecule has 6 heteroatoms. The Hall–Kier alpha value is -1.92. The van der Waals surface area contributed by atoms with Crippen LogP contribution in [0.5, 0.6) is 0 Å². The zero-order chi connectivity index (χ0) is 15.0. The summed E-state index contributed by atoms with van der Waals surface area (Å²) in [6.45, 7) is 1.88. The molecule has 0 aliphatic carbocycles. The smallest absolute Gasteiger partial charge is 0.335 e. The van der Waals surface area contributed by atoms with Gasteiger partial charge in [0.25, 0.3) is 0 Å². The minimum atomic E-state index is -0.951. The van der Waals surface area contributed by atoms with E-state index in [9.17, 15) is 9.59 Å². The summed E-state index contributed by atoms with van der Waals surface area (Å²) in [5.41, 5.74) is 8.16. The number of carboxylic acid groups (broad SMARTS) is 1. The maximum atomic E-state index is 12.5. The number of aromatic carboxylic acids is 1. The van der Waals surface area contributed by atoms with Gasteiger partial charge in [-0.3, -0.25) is 4.79 Å². The second-order valence-corrected chi connectivity index (χ2v) is 5.61. The van der Waals surface area contributed by atoms with Crippen LogP contribution in [0.25, 0.3) is 0 Å². The van der Waals surface area contributed by atoms with E-state index in [-0.39, 0.29) is 23.4 Å². The van der Waals surface area contributed by atoms with Crippen LogP contribution in [-0.2, 0) is 22.5 Å².